The monoisotopic (exact) mass is 251 g/mol. The molecule has 0 aliphatic heterocycles. The van der Waals surface area contributed by atoms with Crippen LogP contribution in [0.3, 0.4) is 0 Å². The van der Waals surface area contributed by atoms with E-state index in [1.165, 1.54) is 18.2 Å². The Morgan fingerprint density at radius 3 is 2.61 bits per heavy atom. The fraction of sp³-hybridized carbons (Fsp3) is 0.154. The Morgan fingerprint density at radius 1 is 1.17 bits per heavy atom. The zero-order valence-electron chi connectivity index (χ0n) is 9.16. The molecule has 18 heavy (non-hydrogen) atoms. The third-order valence-electron chi connectivity index (χ3n) is 2.45. The molecule has 2 aromatic rings. The first-order chi connectivity index (χ1) is 8.49. The van der Waals surface area contributed by atoms with Gasteiger partial charge in [0.05, 0.1) is 12.5 Å². The summed E-state index contributed by atoms with van der Waals surface area (Å²) in [5.41, 5.74) is 0.683. The first kappa shape index (κ1) is 12.2. The number of halogens is 3. The van der Waals surface area contributed by atoms with Crippen LogP contribution in [0.1, 0.15) is 5.56 Å². The van der Waals surface area contributed by atoms with Gasteiger partial charge in [0.15, 0.2) is 0 Å². The number of hydrogen-bond donors (Lipinski definition) is 0. The van der Waals surface area contributed by atoms with Crippen LogP contribution < -0.4 is 4.74 Å². The number of ether oxygens (including phenoxy) is 1. The van der Waals surface area contributed by atoms with Gasteiger partial charge in [0.25, 0.3) is 0 Å². The molecule has 0 radical (unpaired) electrons. The minimum absolute atomic E-state index is 0.146. The average molecular weight is 251 g/mol. The smallest absolute Gasteiger partial charge is 0.406 e. The van der Waals surface area contributed by atoms with E-state index in [0.29, 0.717) is 10.9 Å². The molecule has 92 valence electrons. The van der Waals surface area contributed by atoms with Crippen molar-refractivity contribution < 1.29 is 17.9 Å². The highest BCUT2D eigenvalue weighted by molar-refractivity contribution is 5.87. The van der Waals surface area contributed by atoms with Gasteiger partial charge in [0.2, 0.25) is 0 Å². The molecule has 0 aliphatic rings. The second-order valence-electron chi connectivity index (χ2n) is 3.68. The van der Waals surface area contributed by atoms with E-state index in [0.717, 1.165) is 5.39 Å². The number of benzene rings is 2. The molecule has 0 spiro atoms. The molecular weight excluding hydrogens is 243 g/mol. The topological polar surface area (TPSA) is 33.0 Å². The highest BCUT2D eigenvalue weighted by atomic mass is 19.4. The second-order valence-corrected chi connectivity index (χ2v) is 3.68. The van der Waals surface area contributed by atoms with Crippen molar-refractivity contribution >= 4 is 10.8 Å². The van der Waals surface area contributed by atoms with Gasteiger partial charge in [-0.2, -0.15) is 5.26 Å². The molecule has 2 nitrogen and oxygen atoms in total. The number of nitrogens with zero attached hydrogens (tertiary/aromatic N) is 1. The molecule has 0 heterocycles. The molecule has 0 aromatic heterocycles. The van der Waals surface area contributed by atoms with Gasteiger partial charge in [0.1, 0.15) is 5.75 Å². The molecule has 2 rings (SSSR count). The lowest BCUT2D eigenvalue weighted by Crippen LogP contribution is -2.17. The predicted molar refractivity (Wildman–Crippen MR) is 59.9 cm³/mol. The van der Waals surface area contributed by atoms with Gasteiger partial charge in [-0.15, -0.1) is 13.2 Å². The number of nitriles is 1. The van der Waals surface area contributed by atoms with Gasteiger partial charge in [-0.1, -0.05) is 24.3 Å². The quantitative estimate of drug-likeness (QED) is 0.813. The van der Waals surface area contributed by atoms with Gasteiger partial charge in [-0.25, -0.2) is 0 Å². The molecule has 0 fully saturated rings. The SMILES string of the molecule is N#CCc1cccc2ccc(OC(F)(F)F)cc12. The minimum atomic E-state index is -4.71. The summed E-state index contributed by atoms with van der Waals surface area (Å²) in [5.74, 6) is -0.277. The molecule has 5 heteroatoms. The van der Waals surface area contributed by atoms with Crippen molar-refractivity contribution in [2.45, 2.75) is 12.8 Å². The molecule has 0 amide bonds. The maximum absolute atomic E-state index is 12.1. The van der Waals surface area contributed by atoms with Crippen molar-refractivity contribution in [3.8, 4) is 11.8 Å². The number of alkyl halides is 3. The third-order valence-corrected chi connectivity index (χ3v) is 2.45. The van der Waals surface area contributed by atoms with E-state index in [4.69, 9.17) is 5.26 Å². The molecule has 0 atom stereocenters. The van der Waals surface area contributed by atoms with Crippen LogP contribution in [0.4, 0.5) is 13.2 Å². The summed E-state index contributed by atoms with van der Waals surface area (Å²) in [4.78, 5) is 0. The third kappa shape index (κ3) is 2.72. The summed E-state index contributed by atoms with van der Waals surface area (Å²) < 4.78 is 40.2. The maximum atomic E-state index is 12.1. The fourth-order valence-electron chi connectivity index (χ4n) is 1.75. The van der Waals surface area contributed by atoms with E-state index in [2.05, 4.69) is 4.74 Å². The highest BCUT2D eigenvalue weighted by Gasteiger charge is 2.31. The van der Waals surface area contributed by atoms with Crippen LogP contribution >= 0.6 is 0 Å². The summed E-state index contributed by atoms with van der Waals surface area (Å²) in [6.07, 6.45) is -4.56. The van der Waals surface area contributed by atoms with Gasteiger partial charge < -0.3 is 4.74 Å². The normalized spacial score (nSPS) is 11.2. The van der Waals surface area contributed by atoms with Crippen molar-refractivity contribution in [2.24, 2.45) is 0 Å². The van der Waals surface area contributed by atoms with Crippen LogP contribution in [0.2, 0.25) is 0 Å². The lowest BCUT2D eigenvalue weighted by Gasteiger charge is -2.10. The Bertz CT molecular complexity index is 614. The van der Waals surface area contributed by atoms with E-state index >= 15 is 0 Å². The van der Waals surface area contributed by atoms with Crippen LogP contribution in [0.15, 0.2) is 36.4 Å². The lowest BCUT2D eigenvalue weighted by molar-refractivity contribution is -0.274. The van der Waals surface area contributed by atoms with Crippen molar-refractivity contribution in [3.05, 3.63) is 42.0 Å². The Labute approximate surface area is 101 Å². The van der Waals surface area contributed by atoms with Gasteiger partial charge in [-0.3, -0.25) is 0 Å². The molecular formula is C13H8F3NO. The summed E-state index contributed by atoms with van der Waals surface area (Å²) in [6.45, 7) is 0. The number of hydrogen-bond acceptors (Lipinski definition) is 2. The lowest BCUT2D eigenvalue weighted by atomic mass is 10.0. The van der Waals surface area contributed by atoms with Crippen LogP contribution in [0, 0.1) is 11.3 Å². The summed E-state index contributed by atoms with van der Waals surface area (Å²) in [7, 11) is 0. The summed E-state index contributed by atoms with van der Waals surface area (Å²) >= 11 is 0. The van der Waals surface area contributed by atoms with E-state index < -0.39 is 6.36 Å². The van der Waals surface area contributed by atoms with Gasteiger partial charge >= 0.3 is 6.36 Å². The minimum Gasteiger partial charge on any atom is -0.406 e. The van der Waals surface area contributed by atoms with Crippen LogP contribution in [-0.4, -0.2) is 6.36 Å². The van der Waals surface area contributed by atoms with Crippen molar-refractivity contribution in [1.82, 2.24) is 0 Å². The Kier molecular flexibility index (Phi) is 3.11. The standard InChI is InChI=1S/C13H8F3NO/c14-13(15,16)18-11-5-4-9-2-1-3-10(6-7-17)12(9)8-11/h1-5,8H,6H2. The van der Waals surface area contributed by atoms with Crippen LogP contribution in [-0.2, 0) is 6.42 Å². The van der Waals surface area contributed by atoms with Crippen LogP contribution in [0.5, 0.6) is 5.75 Å². The van der Waals surface area contributed by atoms with E-state index in [1.54, 1.807) is 18.2 Å². The molecule has 0 N–H and O–H groups in total. The Hall–Kier alpha value is -2.22. The van der Waals surface area contributed by atoms with E-state index in [-0.39, 0.29) is 12.2 Å². The number of fused-ring (bicyclic) bond motifs is 1. The van der Waals surface area contributed by atoms with Crippen molar-refractivity contribution in [1.29, 1.82) is 5.26 Å². The average Bonchev–Trinajstić information content (AvgIpc) is 2.28. The Balaban J connectivity index is 2.49. The number of rotatable bonds is 2. The fourth-order valence-corrected chi connectivity index (χ4v) is 1.75. The first-order valence-corrected chi connectivity index (χ1v) is 5.14. The predicted octanol–water partition coefficient (Wildman–Crippen LogP) is 3.80. The van der Waals surface area contributed by atoms with Gasteiger partial charge in [-0.05, 0) is 28.5 Å². The molecule has 0 unspecified atom stereocenters. The Morgan fingerprint density at radius 2 is 1.94 bits per heavy atom. The highest BCUT2D eigenvalue weighted by Crippen LogP contribution is 2.28. The maximum Gasteiger partial charge on any atom is 0.573 e. The summed E-state index contributed by atoms with van der Waals surface area (Å²) in [5, 5.41) is 10.0. The molecule has 0 bridgehead atoms. The molecule has 2 aromatic carbocycles. The summed E-state index contributed by atoms with van der Waals surface area (Å²) in [6, 6.07) is 11.3. The molecule has 0 aliphatic carbocycles. The van der Waals surface area contributed by atoms with Gasteiger partial charge in [0, 0.05) is 0 Å². The van der Waals surface area contributed by atoms with Crippen molar-refractivity contribution in [2.75, 3.05) is 0 Å². The van der Waals surface area contributed by atoms with E-state index in [9.17, 15) is 13.2 Å². The zero-order valence-corrected chi connectivity index (χ0v) is 9.16. The second kappa shape index (κ2) is 4.57. The zero-order chi connectivity index (χ0) is 13.2. The largest absolute Gasteiger partial charge is 0.573 e. The van der Waals surface area contributed by atoms with E-state index in [1.807, 2.05) is 6.07 Å². The molecule has 0 saturated heterocycles. The van der Waals surface area contributed by atoms with Crippen molar-refractivity contribution in [3.63, 3.8) is 0 Å². The first-order valence-electron chi connectivity index (χ1n) is 5.14. The molecule has 0 saturated carbocycles. The van der Waals surface area contributed by atoms with Crippen LogP contribution in [0.25, 0.3) is 10.8 Å².